The Labute approximate surface area is 124 Å². The van der Waals surface area contributed by atoms with Crippen LogP contribution in [0.1, 0.15) is 23.4 Å². The van der Waals surface area contributed by atoms with Crippen molar-refractivity contribution >= 4 is 21.6 Å². The third kappa shape index (κ3) is 1.57. The number of nitrogens with zero attached hydrogens (tertiary/aromatic N) is 3. The first-order chi connectivity index (χ1) is 9.68. The molecule has 2 aromatic heterocycles. The summed E-state index contributed by atoms with van der Waals surface area (Å²) in [5.41, 5.74) is 2.38. The molecule has 0 saturated carbocycles. The van der Waals surface area contributed by atoms with Crippen LogP contribution in [0.25, 0.3) is 5.65 Å². The molecule has 0 fully saturated rings. The Morgan fingerprint density at radius 2 is 1.95 bits per heavy atom. The van der Waals surface area contributed by atoms with Crippen molar-refractivity contribution < 1.29 is 5.11 Å². The number of fused-ring (bicyclic) bond motifs is 3. The maximum Gasteiger partial charge on any atom is 0.154 e. The average molecular weight is 330 g/mol. The largest absolute Gasteiger partial charge is 0.379 e. The van der Waals surface area contributed by atoms with Crippen molar-refractivity contribution in [1.82, 2.24) is 14.6 Å². The van der Waals surface area contributed by atoms with E-state index in [2.05, 4.69) is 26.0 Å². The number of aliphatic hydroxyl groups is 1. The Bertz CT molecular complexity index is 799. The minimum atomic E-state index is -1.01. The smallest absolute Gasteiger partial charge is 0.154 e. The second-order valence-corrected chi connectivity index (χ2v) is 5.87. The van der Waals surface area contributed by atoms with Crippen molar-refractivity contribution in [3.63, 3.8) is 0 Å². The van der Waals surface area contributed by atoms with E-state index in [4.69, 9.17) is 0 Å². The zero-order valence-electron chi connectivity index (χ0n) is 10.6. The number of aromatic nitrogens is 3. The molecule has 0 aliphatic heterocycles. The molecule has 4 nitrogen and oxygen atoms in total. The van der Waals surface area contributed by atoms with Gasteiger partial charge in [0, 0.05) is 0 Å². The monoisotopic (exact) mass is 329 g/mol. The molecule has 5 heteroatoms. The fourth-order valence-corrected chi connectivity index (χ4v) is 3.25. The van der Waals surface area contributed by atoms with Gasteiger partial charge >= 0.3 is 0 Å². The van der Waals surface area contributed by atoms with Crippen LogP contribution in [0.5, 0.6) is 0 Å². The number of imidazole rings is 1. The van der Waals surface area contributed by atoms with Crippen molar-refractivity contribution in [3.8, 4) is 0 Å². The topological polar surface area (TPSA) is 50.4 Å². The van der Waals surface area contributed by atoms with E-state index in [1.807, 2.05) is 42.5 Å². The van der Waals surface area contributed by atoms with Crippen molar-refractivity contribution in [3.05, 3.63) is 64.0 Å². The Morgan fingerprint density at radius 3 is 2.75 bits per heavy atom. The Morgan fingerprint density at radius 1 is 1.15 bits per heavy atom. The van der Waals surface area contributed by atoms with Crippen LogP contribution in [-0.4, -0.2) is 19.7 Å². The van der Waals surface area contributed by atoms with Crippen LogP contribution in [0.15, 0.2) is 47.1 Å². The van der Waals surface area contributed by atoms with Gasteiger partial charge in [-0.3, -0.25) is 0 Å². The van der Waals surface area contributed by atoms with Gasteiger partial charge in [-0.2, -0.15) is 5.10 Å². The van der Waals surface area contributed by atoms with Crippen LogP contribution in [0.3, 0.4) is 0 Å². The second kappa shape index (κ2) is 4.14. The highest BCUT2D eigenvalue weighted by Crippen LogP contribution is 2.41. The number of benzene rings is 1. The van der Waals surface area contributed by atoms with Crippen molar-refractivity contribution in [2.45, 2.75) is 18.4 Å². The highest BCUT2D eigenvalue weighted by atomic mass is 79.9. The molecule has 1 N–H and O–H groups in total. The standard InChI is InChI=1S/C15H12BrN3O/c16-12-6-7-13-17-11-8-9-15(20,14(11)19(13)18-12)10-4-2-1-3-5-10/h1-7,20H,8-9H2. The lowest BCUT2D eigenvalue weighted by Crippen LogP contribution is -2.26. The fraction of sp³-hybridized carbons (Fsp3) is 0.200. The zero-order valence-corrected chi connectivity index (χ0v) is 12.2. The molecule has 100 valence electrons. The number of hydrogen-bond donors (Lipinski definition) is 1. The molecular weight excluding hydrogens is 318 g/mol. The first kappa shape index (κ1) is 12.1. The quantitative estimate of drug-likeness (QED) is 0.746. The summed E-state index contributed by atoms with van der Waals surface area (Å²) >= 11 is 3.38. The number of rotatable bonds is 1. The normalized spacial score (nSPS) is 21.3. The van der Waals surface area contributed by atoms with Gasteiger partial charge in [0.05, 0.1) is 5.69 Å². The minimum Gasteiger partial charge on any atom is -0.379 e. The van der Waals surface area contributed by atoms with E-state index >= 15 is 0 Å². The van der Waals surface area contributed by atoms with Gasteiger partial charge in [-0.05, 0) is 46.5 Å². The second-order valence-electron chi connectivity index (χ2n) is 5.06. The van der Waals surface area contributed by atoms with E-state index in [9.17, 15) is 5.11 Å². The summed E-state index contributed by atoms with van der Waals surface area (Å²) < 4.78 is 2.48. The number of aryl methyl sites for hydroxylation is 1. The molecule has 1 atom stereocenters. The first-order valence-electron chi connectivity index (χ1n) is 6.51. The predicted octanol–water partition coefficient (Wildman–Crippen LogP) is 2.67. The van der Waals surface area contributed by atoms with E-state index in [1.165, 1.54) is 0 Å². The molecule has 0 radical (unpaired) electrons. The summed E-state index contributed by atoms with van der Waals surface area (Å²) in [6.45, 7) is 0. The van der Waals surface area contributed by atoms with Crippen molar-refractivity contribution in [2.24, 2.45) is 0 Å². The van der Waals surface area contributed by atoms with Crippen LogP contribution in [0, 0.1) is 0 Å². The molecule has 1 aromatic carbocycles. The summed E-state index contributed by atoms with van der Waals surface area (Å²) in [7, 11) is 0. The van der Waals surface area contributed by atoms with Crippen molar-refractivity contribution in [2.75, 3.05) is 0 Å². The lowest BCUT2D eigenvalue weighted by molar-refractivity contribution is 0.0766. The molecule has 1 unspecified atom stereocenters. The molecule has 1 aliphatic carbocycles. The van der Waals surface area contributed by atoms with Gasteiger partial charge in [-0.15, -0.1) is 0 Å². The van der Waals surface area contributed by atoms with E-state index in [0.717, 1.165) is 33.6 Å². The SMILES string of the molecule is OC1(c2ccccc2)CCc2nc3ccc(Br)nn3c21. The van der Waals surface area contributed by atoms with Gasteiger partial charge in [-0.1, -0.05) is 30.3 Å². The van der Waals surface area contributed by atoms with E-state index in [-0.39, 0.29) is 0 Å². The van der Waals surface area contributed by atoms with E-state index in [0.29, 0.717) is 6.42 Å². The Balaban J connectivity index is 2.01. The third-order valence-corrected chi connectivity index (χ3v) is 4.31. The van der Waals surface area contributed by atoms with Crippen LogP contribution >= 0.6 is 15.9 Å². The number of hydrogen-bond acceptors (Lipinski definition) is 3. The van der Waals surface area contributed by atoms with Gasteiger partial charge in [0.25, 0.3) is 0 Å². The summed E-state index contributed by atoms with van der Waals surface area (Å²) in [5.74, 6) is 0. The van der Waals surface area contributed by atoms with E-state index in [1.54, 1.807) is 4.52 Å². The van der Waals surface area contributed by atoms with Gasteiger partial charge in [-0.25, -0.2) is 9.50 Å². The number of halogens is 1. The van der Waals surface area contributed by atoms with Crippen LogP contribution in [0.4, 0.5) is 0 Å². The van der Waals surface area contributed by atoms with E-state index < -0.39 is 5.60 Å². The highest BCUT2D eigenvalue weighted by Gasteiger charge is 2.42. The minimum absolute atomic E-state index is 0.645. The molecule has 20 heavy (non-hydrogen) atoms. The maximum atomic E-state index is 11.2. The Kier molecular flexibility index (Phi) is 2.49. The van der Waals surface area contributed by atoms with Gasteiger partial charge in [0.15, 0.2) is 5.65 Å². The average Bonchev–Trinajstić information content (AvgIpc) is 2.99. The highest BCUT2D eigenvalue weighted by molar-refractivity contribution is 9.10. The summed E-state index contributed by atoms with van der Waals surface area (Å²) in [5, 5.41) is 15.6. The molecule has 2 heterocycles. The molecule has 0 saturated heterocycles. The maximum absolute atomic E-state index is 11.2. The van der Waals surface area contributed by atoms with Crippen LogP contribution in [-0.2, 0) is 12.0 Å². The van der Waals surface area contributed by atoms with Crippen LogP contribution in [0.2, 0.25) is 0 Å². The van der Waals surface area contributed by atoms with Gasteiger partial charge < -0.3 is 5.11 Å². The van der Waals surface area contributed by atoms with Gasteiger partial charge in [0.1, 0.15) is 15.9 Å². The van der Waals surface area contributed by atoms with Crippen LogP contribution < -0.4 is 0 Å². The fourth-order valence-electron chi connectivity index (χ4n) is 2.96. The van der Waals surface area contributed by atoms with Crippen molar-refractivity contribution in [1.29, 1.82) is 0 Å². The predicted molar refractivity (Wildman–Crippen MR) is 78.4 cm³/mol. The lowest BCUT2D eigenvalue weighted by Gasteiger charge is -2.23. The molecule has 0 spiro atoms. The molecule has 1 aliphatic rings. The van der Waals surface area contributed by atoms with Gasteiger partial charge in [0.2, 0.25) is 0 Å². The first-order valence-corrected chi connectivity index (χ1v) is 7.30. The molecule has 4 rings (SSSR count). The molecule has 0 amide bonds. The molecule has 3 aromatic rings. The summed E-state index contributed by atoms with van der Waals surface area (Å²) in [6, 6.07) is 13.5. The summed E-state index contributed by atoms with van der Waals surface area (Å²) in [6.07, 6.45) is 1.41. The third-order valence-electron chi connectivity index (χ3n) is 3.88. The molecule has 0 bridgehead atoms. The Hall–Kier alpha value is -1.72. The zero-order chi connectivity index (χ0) is 13.7. The lowest BCUT2D eigenvalue weighted by atomic mass is 9.91. The molecular formula is C15H12BrN3O. The summed E-state index contributed by atoms with van der Waals surface area (Å²) in [4.78, 5) is 4.57.